The lowest BCUT2D eigenvalue weighted by Gasteiger charge is -2.22. The molecule has 25 heavy (non-hydrogen) atoms. The fraction of sp³-hybridized carbons (Fsp3) is 0.350. The van der Waals surface area contributed by atoms with Crippen LogP contribution in [0, 0.1) is 5.82 Å². The van der Waals surface area contributed by atoms with E-state index in [0.29, 0.717) is 6.42 Å². The van der Waals surface area contributed by atoms with Crippen molar-refractivity contribution in [3.63, 3.8) is 0 Å². The van der Waals surface area contributed by atoms with Gasteiger partial charge in [0.15, 0.2) is 17.7 Å². The number of para-hydroxylation sites is 1. The van der Waals surface area contributed by atoms with Gasteiger partial charge in [0.05, 0.1) is 13.2 Å². The van der Waals surface area contributed by atoms with E-state index in [1.807, 2.05) is 38.1 Å². The van der Waals surface area contributed by atoms with Gasteiger partial charge in [-0.1, -0.05) is 38.1 Å². The molecule has 0 saturated heterocycles. The third-order valence-corrected chi connectivity index (χ3v) is 4.01. The number of halogens is 1. The summed E-state index contributed by atoms with van der Waals surface area (Å²) >= 11 is 0. The topological polar surface area (TPSA) is 47.6 Å². The Labute approximate surface area is 148 Å². The van der Waals surface area contributed by atoms with Crippen LogP contribution in [0.3, 0.4) is 0 Å². The number of nitrogens with one attached hydrogen (secondary N) is 1. The Morgan fingerprint density at radius 2 is 1.76 bits per heavy atom. The average molecular weight is 345 g/mol. The summed E-state index contributed by atoms with van der Waals surface area (Å²) in [5.41, 5.74) is 0.984. The molecule has 0 aliphatic carbocycles. The van der Waals surface area contributed by atoms with Crippen LogP contribution in [0.25, 0.3) is 0 Å². The molecule has 0 spiro atoms. The molecule has 0 bridgehead atoms. The Morgan fingerprint density at radius 1 is 1.08 bits per heavy atom. The largest absolute Gasteiger partial charge is 0.497 e. The minimum Gasteiger partial charge on any atom is -0.497 e. The molecular weight excluding hydrogens is 321 g/mol. The monoisotopic (exact) mass is 345 g/mol. The van der Waals surface area contributed by atoms with Crippen LogP contribution in [0.5, 0.6) is 11.5 Å². The van der Waals surface area contributed by atoms with Crippen molar-refractivity contribution < 1.29 is 18.7 Å². The molecule has 134 valence electrons. The van der Waals surface area contributed by atoms with Gasteiger partial charge in [-0.3, -0.25) is 4.79 Å². The Hall–Kier alpha value is -2.56. The first kappa shape index (κ1) is 18.8. The summed E-state index contributed by atoms with van der Waals surface area (Å²) in [6.45, 7) is 3.83. The maximum absolute atomic E-state index is 13.7. The average Bonchev–Trinajstić information content (AvgIpc) is 2.65. The molecule has 0 saturated carbocycles. The highest BCUT2D eigenvalue weighted by molar-refractivity contribution is 5.81. The van der Waals surface area contributed by atoms with Crippen molar-refractivity contribution in [3.8, 4) is 11.5 Å². The van der Waals surface area contributed by atoms with Gasteiger partial charge in [-0.05, 0) is 42.7 Å². The van der Waals surface area contributed by atoms with Crippen molar-refractivity contribution in [3.05, 3.63) is 59.9 Å². The molecule has 0 radical (unpaired) electrons. The standard InChI is InChI=1S/C20H24FNO3/c1-4-17(14-10-12-15(24-3)13-11-14)22-20(23)18(5-2)25-19-9-7-6-8-16(19)21/h6-13,17-18H,4-5H2,1-3H3,(H,22,23). The zero-order valence-electron chi connectivity index (χ0n) is 14.8. The molecule has 1 N–H and O–H groups in total. The first-order valence-corrected chi connectivity index (χ1v) is 8.44. The van der Waals surface area contributed by atoms with Crippen LogP contribution in [0.1, 0.15) is 38.3 Å². The van der Waals surface area contributed by atoms with E-state index in [9.17, 15) is 9.18 Å². The van der Waals surface area contributed by atoms with Crippen LogP contribution < -0.4 is 14.8 Å². The lowest BCUT2D eigenvalue weighted by Crippen LogP contribution is -2.40. The molecule has 1 amide bonds. The van der Waals surface area contributed by atoms with Gasteiger partial charge in [0, 0.05) is 0 Å². The first-order valence-electron chi connectivity index (χ1n) is 8.44. The number of amides is 1. The summed E-state index contributed by atoms with van der Waals surface area (Å²) in [5.74, 6) is 0.116. The third-order valence-electron chi connectivity index (χ3n) is 4.01. The smallest absolute Gasteiger partial charge is 0.261 e. The van der Waals surface area contributed by atoms with Crippen LogP contribution in [0.4, 0.5) is 4.39 Å². The summed E-state index contributed by atoms with van der Waals surface area (Å²) in [6, 6.07) is 13.5. The lowest BCUT2D eigenvalue weighted by molar-refractivity contribution is -0.129. The van der Waals surface area contributed by atoms with Crippen molar-refractivity contribution in [2.45, 2.75) is 38.8 Å². The summed E-state index contributed by atoms with van der Waals surface area (Å²) in [4.78, 5) is 12.6. The fourth-order valence-corrected chi connectivity index (χ4v) is 2.54. The predicted molar refractivity (Wildman–Crippen MR) is 95.3 cm³/mol. The van der Waals surface area contributed by atoms with Crippen LogP contribution in [-0.2, 0) is 4.79 Å². The van der Waals surface area contributed by atoms with E-state index < -0.39 is 11.9 Å². The maximum atomic E-state index is 13.7. The molecule has 2 aromatic rings. The Balaban J connectivity index is 2.06. The number of carbonyl (C=O) groups is 1. The minimum atomic E-state index is -0.746. The molecule has 0 fully saturated rings. The molecule has 0 aliphatic rings. The van der Waals surface area contributed by atoms with Crippen LogP contribution in [0.15, 0.2) is 48.5 Å². The number of hydrogen-bond donors (Lipinski definition) is 1. The SMILES string of the molecule is CCC(Oc1ccccc1F)C(=O)NC(CC)c1ccc(OC)cc1. The van der Waals surface area contributed by atoms with Gasteiger partial charge in [-0.2, -0.15) is 0 Å². The Bertz CT molecular complexity index is 688. The number of ether oxygens (including phenoxy) is 2. The van der Waals surface area contributed by atoms with E-state index in [1.54, 1.807) is 19.2 Å². The molecule has 5 heteroatoms. The number of hydrogen-bond acceptors (Lipinski definition) is 3. The van der Waals surface area contributed by atoms with Crippen LogP contribution >= 0.6 is 0 Å². The van der Waals surface area contributed by atoms with Gasteiger partial charge in [-0.15, -0.1) is 0 Å². The number of carbonyl (C=O) groups excluding carboxylic acids is 1. The van der Waals surface area contributed by atoms with Gasteiger partial charge in [0.2, 0.25) is 0 Å². The third kappa shape index (κ3) is 4.95. The van der Waals surface area contributed by atoms with Gasteiger partial charge in [0.1, 0.15) is 5.75 Å². The van der Waals surface area contributed by atoms with Gasteiger partial charge >= 0.3 is 0 Å². The molecule has 2 unspecified atom stereocenters. The minimum absolute atomic E-state index is 0.0852. The molecule has 2 aromatic carbocycles. The van der Waals surface area contributed by atoms with E-state index in [4.69, 9.17) is 9.47 Å². The molecule has 0 aromatic heterocycles. The van der Waals surface area contributed by atoms with E-state index in [2.05, 4.69) is 5.32 Å². The number of rotatable bonds is 8. The molecule has 0 aliphatic heterocycles. The molecule has 2 rings (SSSR count). The zero-order valence-corrected chi connectivity index (χ0v) is 14.8. The molecule has 4 nitrogen and oxygen atoms in total. The highest BCUT2D eigenvalue weighted by atomic mass is 19.1. The fourth-order valence-electron chi connectivity index (χ4n) is 2.54. The maximum Gasteiger partial charge on any atom is 0.261 e. The van der Waals surface area contributed by atoms with Gasteiger partial charge < -0.3 is 14.8 Å². The van der Waals surface area contributed by atoms with E-state index in [1.165, 1.54) is 12.1 Å². The normalized spacial score (nSPS) is 13.0. The predicted octanol–water partition coefficient (Wildman–Crippen LogP) is 4.26. The van der Waals surface area contributed by atoms with Crippen molar-refractivity contribution in [2.75, 3.05) is 7.11 Å². The molecule has 2 atom stereocenters. The summed E-state index contributed by atoms with van der Waals surface area (Å²) in [6.07, 6.45) is 0.428. The Kier molecular flexibility index (Phi) is 6.81. The zero-order chi connectivity index (χ0) is 18.2. The summed E-state index contributed by atoms with van der Waals surface area (Å²) in [5, 5.41) is 2.98. The van der Waals surface area contributed by atoms with E-state index >= 15 is 0 Å². The van der Waals surface area contributed by atoms with E-state index in [0.717, 1.165) is 17.7 Å². The quantitative estimate of drug-likeness (QED) is 0.778. The van der Waals surface area contributed by atoms with E-state index in [-0.39, 0.29) is 17.7 Å². The molecular formula is C20H24FNO3. The first-order chi connectivity index (χ1) is 12.1. The van der Waals surface area contributed by atoms with Gasteiger partial charge in [-0.25, -0.2) is 4.39 Å². The molecule has 0 heterocycles. The Morgan fingerprint density at radius 3 is 2.32 bits per heavy atom. The highest BCUT2D eigenvalue weighted by Gasteiger charge is 2.22. The highest BCUT2D eigenvalue weighted by Crippen LogP contribution is 2.22. The van der Waals surface area contributed by atoms with Crippen molar-refractivity contribution in [1.29, 1.82) is 0 Å². The number of methoxy groups -OCH3 is 1. The lowest BCUT2D eigenvalue weighted by atomic mass is 10.0. The van der Waals surface area contributed by atoms with Crippen LogP contribution in [-0.4, -0.2) is 19.1 Å². The second-order valence-corrected chi connectivity index (χ2v) is 5.69. The van der Waals surface area contributed by atoms with Crippen LogP contribution in [0.2, 0.25) is 0 Å². The van der Waals surface area contributed by atoms with Crippen molar-refractivity contribution in [2.24, 2.45) is 0 Å². The van der Waals surface area contributed by atoms with Crippen molar-refractivity contribution in [1.82, 2.24) is 5.32 Å². The van der Waals surface area contributed by atoms with Crippen molar-refractivity contribution >= 4 is 5.91 Å². The second-order valence-electron chi connectivity index (χ2n) is 5.69. The van der Waals surface area contributed by atoms with Gasteiger partial charge in [0.25, 0.3) is 5.91 Å². The summed E-state index contributed by atoms with van der Waals surface area (Å²) < 4.78 is 24.5. The summed E-state index contributed by atoms with van der Waals surface area (Å²) in [7, 11) is 1.61. The second kappa shape index (κ2) is 9.06. The number of benzene rings is 2.